The van der Waals surface area contributed by atoms with Crippen molar-refractivity contribution in [1.82, 2.24) is 19.4 Å². The summed E-state index contributed by atoms with van der Waals surface area (Å²) >= 11 is 0. The quantitative estimate of drug-likeness (QED) is 0.868. The summed E-state index contributed by atoms with van der Waals surface area (Å²) in [5.74, 6) is 0.878. The first kappa shape index (κ1) is 14.6. The summed E-state index contributed by atoms with van der Waals surface area (Å²) in [6, 6.07) is 3.76. The molecule has 1 aliphatic rings. The molecular formula is C16H21N5O. The van der Waals surface area contributed by atoms with Gasteiger partial charge in [-0.3, -0.25) is 9.78 Å². The molecule has 0 bridgehead atoms. The summed E-state index contributed by atoms with van der Waals surface area (Å²) in [5.41, 5.74) is 1.58. The molecule has 3 heterocycles. The van der Waals surface area contributed by atoms with E-state index in [1.165, 1.54) is 0 Å². The Hall–Kier alpha value is -2.37. The van der Waals surface area contributed by atoms with Crippen molar-refractivity contribution >= 4 is 11.7 Å². The van der Waals surface area contributed by atoms with E-state index in [0.29, 0.717) is 5.69 Å². The number of carbonyl (C=O) groups excluding carboxylic acids is 1. The maximum atomic E-state index is 12.8. The highest BCUT2D eigenvalue weighted by molar-refractivity contribution is 5.93. The highest BCUT2D eigenvalue weighted by Gasteiger charge is 2.32. The van der Waals surface area contributed by atoms with Gasteiger partial charge in [-0.25, -0.2) is 4.98 Å². The molecule has 0 spiro atoms. The zero-order valence-corrected chi connectivity index (χ0v) is 13.2. The third-order valence-corrected chi connectivity index (χ3v) is 4.12. The second kappa shape index (κ2) is 5.79. The number of hydrogen-bond donors (Lipinski definition) is 0. The number of nitrogens with zero attached hydrogens (tertiary/aromatic N) is 5. The first-order chi connectivity index (χ1) is 10.6. The fourth-order valence-corrected chi connectivity index (χ4v) is 2.89. The lowest BCUT2D eigenvalue weighted by Gasteiger charge is -2.25. The Bertz CT molecular complexity index is 679. The number of rotatable bonds is 3. The lowest BCUT2D eigenvalue weighted by molar-refractivity contribution is 0.0723. The molecule has 0 aliphatic carbocycles. The fourth-order valence-electron chi connectivity index (χ4n) is 2.89. The lowest BCUT2D eigenvalue weighted by atomic mass is 10.1. The van der Waals surface area contributed by atoms with E-state index in [-0.39, 0.29) is 11.9 Å². The molecule has 2 aromatic heterocycles. The van der Waals surface area contributed by atoms with E-state index >= 15 is 0 Å². The van der Waals surface area contributed by atoms with Gasteiger partial charge >= 0.3 is 0 Å². The highest BCUT2D eigenvalue weighted by Crippen LogP contribution is 2.32. The summed E-state index contributed by atoms with van der Waals surface area (Å²) in [4.78, 5) is 25.5. The SMILES string of the molecule is CN(C)c1cncc([C@H]2CCCN2C(=O)c2cccn2C)n1. The van der Waals surface area contributed by atoms with Gasteiger partial charge in [0.05, 0.1) is 24.1 Å². The molecule has 116 valence electrons. The summed E-state index contributed by atoms with van der Waals surface area (Å²) in [6.45, 7) is 0.766. The Balaban J connectivity index is 1.89. The predicted molar refractivity (Wildman–Crippen MR) is 84.8 cm³/mol. The minimum atomic E-state index is 0.00907. The lowest BCUT2D eigenvalue weighted by Crippen LogP contribution is -2.32. The summed E-state index contributed by atoms with van der Waals surface area (Å²) < 4.78 is 1.86. The second-order valence-electron chi connectivity index (χ2n) is 5.86. The molecule has 0 N–H and O–H groups in total. The Morgan fingerprint density at radius 2 is 2.18 bits per heavy atom. The number of likely N-dealkylation sites (tertiary alicyclic amines) is 1. The molecule has 2 aromatic rings. The van der Waals surface area contributed by atoms with E-state index in [2.05, 4.69) is 9.97 Å². The standard InChI is InChI=1S/C16H21N5O/c1-19(2)15-11-17-10-12(18-15)13-6-5-9-21(13)16(22)14-7-4-8-20(14)3/h4,7-8,10-11,13H,5-6,9H2,1-3H3/t13-/m1/s1. The Morgan fingerprint density at radius 3 is 2.86 bits per heavy atom. The maximum absolute atomic E-state index is 12.8. The molecule has 6 heteroatoms. The van der Waals surface area contributed by atoms with E-state index in [4.69, 9.17) is 0 Å². The van der Waals surface area contributed by atoms with Crippen LogP contribution in [-0.4, -0.2) is 46.0 Å². The topological polar surface area (TPSA) is 54.3 Å². The van der Waals surface area contributed by atoms with Gasteiger partial charge in [0.25, 0.3) is 5.91 Å². The van der Waals surface area contributed by atoms with Crippen LogP contribution in [0.25, 0.3) is 0 Å². The minimum absolute atomic E-state index is 0.00907. The van der Waals surface area contributed by atoms with Crippen molar-refractivity contribution in [3.8, 4) is 0 Å². The average molecular weight is 299 g/mol. The van der Waals surface area contributed by atoms with Crippen LogP contribution in [-0.2, 0) is 7.05 Å². The van der Waals surface area contributed by atoms with Crippen LogP contribution in [0, 0.1) is 0 Å². The van der Waals surface area contributed by atoms with E-state index < -0.39 is 0 Å². The number of anilines is 1. The molecule has 0 saturated carbocycles. The highest BCUT2D eigenvalue weighted by atomic mass is 16.2. The molecule has 1 amide bonds. The summed E-state index contributed by atoms with van der Waals surface area (Å²) in [6.07, 6.45) is 7.33. The number of carbonyl (C=O) groups is 1. The van der Waals surface area contributed by atoms with Crippen molar-refractivity contribution in [1.29, 1.82) is 0 Å². The van der Waals surface area contributed by atoms with Crippen LogP contribution in [0.1, 0.15) is 35.1 Å². The average Bonchev–Trinajstić information content (AvgIpc) is 3.15. The molecule has 1 fully saturated rings. The monoisotopic (exact) mass is 299 g/mol. The van der Waals surface area contributed by atoms with Gasteiger partial charge < -0.3 is 14.4 Å². The molecule has 0 radical (unpaired) electrons. The number of hydrogen-bond acceptors (Lipinski definition) is 4. The molecule has 6 nitrogen and oxygen atoms in total. The molecule has 1 aliphatic heterocycles. The van der Waals surface area contributed by atoms with Gasteiger partial charge in [-0.1, -0.05) is 0 Å². The largest absolute Gasteiger partial charge is 0.361 e. The van der Waals surface area contributed by atoms with Crippen LogP contribution < -0.4 is 4.90 Å². The molecule has 0 unspecified atom stereocenters. The molecule has 22 heavy (non-hydrogen) atoms. The molecule has 1 atom stereocenters. The summed E-state index contributed by atoms with van der Waals surface area (Å²) in [7, 11) is 5.77. The number of aromatic nitrogens is 3. The molecule has 0 aromatic carbocycles. The zero-order chi connectivity index (χ0) is 15.7. The Labute approximate surface area is 130 Å². The van der Waals surface area contributed by atoms with Gasteiger partial charge in [-0.15, -0.1) is 0 Å². The molecular weight excluding hydrogens is 278 g/mol. The number of amides is 1. The van der Waals surface area contributed by atoms with Crippen molar-refractivity contribution in [3.63, 3.8) is 0 Å². The van der Waals surface area contributed by atoms with Gasteiger partial charge in [0, 0.05) is 33.9 Å². The van der Waals surface area contributed by atoms with E-state index in [1.807, 2.05) is 53.8 Å². The Kier molecular flexibility index (Phi) is 3.83. The zero-order valence-electron chi connectivity index (χ0n) is 13.2. The van der Waals surface area contributed by atoms with Crippen LogP contribution in [0.4, 0.5) is 5.82 Å². The second-order valence-corrected chi connectivity index (χ2v) is 5.86. The first-order valence-electron chi connectivity index (χ1n) is 7.49. The fraction of sp³-hybridized carbons (Fsp3) is 0.438. The van der Waals surface area contributed by atoms with Crippen LogP contribution in [0.15, 0.2) is 30.7 Å². The van der Waals surface area contributed by atoms with Crippen molar-refractivity contribution in [2.75, 3.05) is 25.5 Å². The van der Waals surface area contributed by atoms with Crippen LogP contribution in [0.5, 0.6) is 0 Å². The van der Waals surface area contributed by atoms with Gasteiger partial charge in [0.1, 0.15) is 11.5 Å². The Morgan fingerprint density at radius 1 is 1.36 bits per heavy atom. The van der Waals surface area contributed by atoms with Crippen LogP contribution in [0.2, 0.25) is 0 Å². The maximum Gasteiger partial charge on any atom is 0.271 e. The van der Waals surface area contributed by atoms with Crippen molar-refractivity contribution in [3.05, 3.63) is 42.1 Å². The third kappa shape index (κ3) is 2.56. The van der Waals surface area contributed by atoms with Crippen molar-refractivity contribution in [2.24, 2.45) is 7.05 Å². The normalized spacial score (nSPS) is 17.8. The van der Waals surface area contributed by atoms with Gasteiger partial charge in [0.15, 0.2) is 0 Å². The van der Waals surface area contributed by atoms with E-state index in [9.17, 15) is 4.79 Å². The van der Waals surface area contributed by atoms with E-state index in [1.54, 1.807) is 12.4 Å². The molecule has 1 saturated heterocycles. The predicted octanol–water partition coefficient (Wildman–Crippen LogP) is 1.86. The van der Waals surface area contributed by atoms with Crippen LogP contribution in [0.3, 0.4) is 0 Å². The molecule has 3 rings (SSSR count). The van der Waals surface area contributed by atoms with Crippen molar-refractivity contribution in [2.45, 2.75) is 18.9 Å². The summed E-state index contributed by atoms with van der Waals surface area (Å²) in [5, 5.41) is 0. The van der Waals surface area contributed by atoms with Gasteiger partial charge in [-0.2, -0.15) is 0 Å². The minimum Gasteiger partial charge on any atom is -0.361 e. The number of aryl methyl sites for hydroxylation is 1. The van der Waals surface area contributed by atoms with Gasteiger partial charge in [0.2, 0.25) is 0 Å². The van der Waals surface area contributed by atoms with E-state index in [0.717, 1.165) is 30.9 Å². The van der Waals surface area contributed by atoms with Crippen LogP contribution >= 0.6 is 0 Å². The third-order valence-electron chi connectivity index (χ3n) is 4.12. The van der Waals surface area contributed by atoms with Crippen molar-refractivity contribution < 1.29 is 4.79 Å². The smallest absolute Gasteiger partial charge is 0.271 e. The first-order valence-corrected chi connectivity index (χ1v) is 7.49. The van der Waals surface area contributed by atoms with Gasteiger partial charge in [-0.05, 0) is 25.0 Å².